The minimum Gasteiger partial charge on any atom is -0.478 e. The lowest BCUT2D eigenvalue weighted by Gasteiger charge is -2.02. The van der Waals surface area contributed by atoms with Gasteiger partial charge in [0.1, 0.15) is 17.2 Å². The second-order valence-electron chi connectivity index (χ2n) is 4.70. The van der Waals surface area contributed by atoms with Crippen molar-refractivity contribution in [1.29, 1.82) is 0 Å². The molecule has 1 aromatic heterocycles. The van der Waals surface area contributed by atoms with Crippen LogP contribution in [0.2, 0.25) is 0 Å². The fourth-order valence-electron chi connectivity index (χ4n) is 2.27. The lowest BCUT2D eigenvalue weighted by Crippen LogP contribution is -1.98. The first-order valence-corrected chi connectivity index (χ1v) is 6.94. The molecule has 3 rings (SSSR count). The molecule has 0 unspecified atom stereocenters. The van der Waals surface area contributed by atoms with E-state index in [1.165, 1.54) is 6.07 Å². The summed E-state index contributed by atoms with van der Waals surface area (Å²) in [6, 6.07) is 7.89. The number of hydrogen-bond acceptors (Lipinski definition) is 2. The van der Waals surface area contributed by atoms with Crippen LogP contribution in [0, 0.1) is 12.7 Å². The number of H-pyrrole nitrogens is 1. The zero-order valence-corrected chi connectivity index (χ0v) is 12.5. The van der Waals surface area contributed by atoms with Crippen molar-refractivity contribution in [2.75, 3.05) is 0 Å². The molecule has 0 aliphatic rings. The fraction of sp³-hybridized carbons (Fsp3) is 0.0667. The van der Waals surface area contributed by atoms with Crippen molar-refractivity contribution in [3.05, 3.63) is 51.7 Å². The number of carbonyl (C=O) groups is 1. The van der Waals surface area contributed by atoms with E-state index in [0.29, 0.717) is 11.3 Å². The Morgan fingerprint density at radius 2 is 2.10 bits per heavy atom. The number of aromatic nitrogens is 2. The van der Waals surface area contributed by atoms with Gasteiger partial charge in [0.2, 0.25) is 0 Å². The summed E-state index contributed by atoms with van der Waals surface area (Å²) in [7, 11) is 0. The van der Waals surface area contributed by atoms with E-state index in [4.69, 9.17) is 5.11 Å². The molecule has 0 fully saturated rings. The number of nitrogens with zero attached hydrogens (tertiary/aromatic N) is 1. The molecule has 0 atom stereocenters. The van der Waals surface area contributed by atoms with Gasteiger partial charge in [-0.25, -0.2) is 14.2 Å². The number of nitrogens with one attached hydrogen (secondary N) is 1. The van der Waals surface area contributed by atoms with Gasteiger partial charge in [-0.05, 0) is 42.8 Å². The van der Waals surface area contributed by atoms with Gasteiger partial charge in [-0.2, -0.15) is 0 Å². The lowest BCUT2D eigenvalue weighted by atomic mass is 10.1. The molecule has 6 heteroatoms. The molecule has 0 saturated carbocycles. The number of carboxylic acid groups (broad SMARTS) is 1. The predicted octanol–water partition coefficient (Wildman–Crippen LogP) is 4.14. The van der Waals surface area contributed by atoms with Gasteiger partial charge < -0.3 is 10.1 Å². The third-order valence-electron chi connectivity index (χ3n) is 3.23. The molecule has 4 nitrogen and oxygen atoms in total. The first-order valence-electron chi connectivity index (χ1n) is 6.15. The van der Waals surface area contributed by atoms with E-state index in [2.05, 4.69) is 25.9 Å². The highest BCUT2D eigenvalue weighted by atomic mass is 79.9. The molecule has 2 N–H and O–H groups in total. The quantitative estimate of drug-likeness (QED) is 0.731. The Morgan fingerprint density at radius 1 is 1.33 bits per heavy atom. The summed E-state index contributed by atoms with van der Waals surface area (Å²) in [5.41, 5.74) is 2.28. The number of halogens is 2. The summed E-state index contributed by atoms with van der Waals surface area (Å²) in [5, 5.41) is 9.15. The van der Waals surface area contributed by atoms with E-state index >= 15 is 0 Å². The first kappa shape index (κ1) is 13.8. The number of aromatic carboxylic acids is 1. The van der Waals surface area contributed by atoms with E-state index in [0.717, 1.165) is 21.7 Å². The molecule has 1 heterocycles. The standard InChI is InChI=1S/C15H10BrFN2O2/c1-7-4-8(16)2-3-10(7)14-18-12-6-9(17)5-11(15(20)21)13(12)19-14/h2-6H,1H3,(H,18,19)(H,20,21). The molecule has 0 aliphatic heterocycles. The normalized spacial score (nSPS) is 11.0. The largest absolute Gasteiger partial charge is 0.478 e. The topological polar surface area (TPSA) is 66.0 Å². The SMILES string of the molecule is Cc1cc(Br)ccc1-c1nc2c(C(=O)O)cc(F)cc2[nH]1. The predicted molar refractivity (Wildman–Crippen MR) is 80.9 cm³/mol. The highest BCUT2D eigenvalue weighted by Crippen LogP contribution is 2.27. The number of aryl methyl sites for hydroxylation is 1. The average Bonchev–Trinajstić information content (AvgIpc) is 2.80. The van der Waals surface area contributed by atoms with Gasteiger partial charge in [0.25, 0.3) is 0 Å². The van der Waals surface area contributed by atoms with Crippen LogP contribution in [0.25, 0.3) is 22.4 Å². The van der Waals surface area contributed by atoms with E-state index < -0.39 is 11.8 Å². The molecule has 21 heavy (non-hydrogen) atoms. The number of hydrogen-bond donors (Lipinski definition) is 2. The number of imidazole rings is 1. The fourth-order valence-corrected chi connectivity index (χ4v) is 2.74. The molecule has 0 saturated heterocycles. The minimum absolute atomic E-state index is 0.151. The lowest BCUT2D eigenvalue weighted by molar-refractivity contribution is 0.0698. The second-order valence-corrected chi connectivity index (χ2v) is 5.61. The van der Waals surface area contributed by atoms with Gasteiger partial charge >= 0.3 is 5.97 Å². The second kappa shape index (κ2) is 4.96. The maximum atomic E-state index is 13.5. The van der Waals surface area contributed by atoms with Crippen LogP contribution in [-0.2, 0) is 0 Å². The number of fused-ring (bicyclic) bond motifs is 1. The number of aromatic amines is 1. The van der Waals surface area contributed by atoms with Gasteiger partial charge in [0.15, 0.2) is 0 Å². The summed E-state index contributed by atoms with van der Waals surface area (Å²) in [6.45, 7) is 1.92. The number of benzene rings is 2. The van der Waals surface area contributed by atoms with Crippen molar-refractivity contribution < 1.29 is 14.3 Å². The van der Waals surface area contributed by atoms with E-state index in [1.807, 2.05) is 25.1 Å². The maximum Gasteiger partial charge on any atom is 0.338 e. The van der Waals surface area contributed by atoms with Crippen LogP contribution >= 0.6 is 15.9 Å². The average molecular weight is 349 g/mol. The zero-order valence-electron chi connectivity index (χ0n) is 10.9. The Kier molecular flexibility index (Phi) is 3.25. The van der Waals surface area contributed by atoms with Crippen LogP contribution in [0.1, 0.15) is 15.9 Å². The Bertz CT molecular complexity index is 873. The Labute approximate surface area is 127 Å². The molecule has 3 aromatic rings. The molecule has 0 radical (unpaired) electrons. The Hall–Kier alpha value is -2.21. The van der Waals surface area contributed by atoms with Crippen molar-refractivity contribution in [2.24, 2.45) is 0 Å². The van der Waals surface area contributed by atoms with Gasteiger partial charge in [-0.1, -0.05) is 15.9 Å². The molecular formula is C15H10BrFN2O2. The van der Waals surface area contributed by atoms with Crippen LogP contribution in [0.5, 0.6) is 0 Å². The monoisotopic (exact) mass is 348 g/mol. The van der Waals surface area contributed by atoms with Crippen LogP contribution in [0.3, 0.4) is 0 Å². The summed E-state index contributed by atoms with van der Waals surface area (Å²) in [6.07, 6.45) is 0. The molecule has 0 spiro atoms. The minimum atomic E-state index is -1.20. The van der Waals surface area contributed by atoms with E-state index in [9.17, 15) is 9.18 Å². The Balaban J connectivity index is 2.26. The van der Waals surface area contributed by atoms with Crippen molar-refractivity contribution in [1.82, 2.24) is 9.97 Å². The van der Waals surface area contributed by atoms with Gasteiger partial charge in [0, 0.05) is 10.0 Å². The molecule has 0 aliphatic carbocycles. The van der Waals surface area contributed by atoms with E-state index in [-0.39, 0.29) is 11.1 Å². The highest BCUT2D eigenvalue weighted by Gasteiger charge is 2.16. The van der Waals surface area contributed by atoms with Crippen LogP contribution in [0.4, 0.5) is 4.39 Å². The smallest absolute Gasteiger partial charge is 0.338 e. The molecule has 0 amide bonds. The number of rotatable bonds is 2. The van der Waals surface area contributed by atoms with Crippen LogP contribution < -0.4 is 0 Å². The van der Waals surface area contributed by atoms with Crippen molar-refractivity contribution in [3.8, 4) is 11.4 Å². The van der Waals surface area contributed by atoms with Crippen LogP contribution in [-0.4, -0.2) is 21.0 Å². The molecule has 106 valence electrons. The molecular weight excluding hydrogens is 339 g/mol. The van der Waals surface area contributed by atoms with Crippen molar-refractivity contribution in [3.63, 3.8) is 0 Å². The van der Waals surface area contributed by atoms with Crippen molar-refractivity contribution in [2.45, 2.75) is 6.92 Å². The third-order valence-corrected chi connectivity index (χ3v) is 3.72. The van der Waals surface area contributed by atoms with Gasteiger partial charge in [-0.3, -0.25) is 0 Å². The highest BCUT2D eigenvalue weighted by molar-refractivity contribution is 9.10. The van der Waals surface area contributed by atoms with Crippen molar-refractivity contribution >= 4 is 32.9 Å². The first-order chi connectivity index (χ1) is 9.95. The molecule has 2 aromatic carbocycles. The maximum absolute atomic E-state index is 13.5. The Morgan fingerprint density at radius 3 is 2.76 bits per heavy atom. The zero-order chi connectivity index (χ0) is 15.1. The number of carboxylic acids is 1. The third kappa shape index (κ3) is 2.42. The van der Waals surface area contributed by atoms with Gasteiger partial charge in [-0.15, -0.1) is 0 Å². The summed E-state index contributed by atoms with van der Waals surface area (Å²) in [4.78, 5) is 18.5. The van der Waals surface area contributed by atoms with Crippen LogP contribution in [0.15, 0.2) is 34.8 Å². The molecule has 0 bridgehead atoms. The van der Waals surface area contributed by atoms with E-state index in [1.54, 1.807) is 0 Å². The summed E-state index contributed by atoms with van der Waals surface area (Å²) in [5.74, 6) is -1.30. The van der Waals surface area contributed by atoms with Gasteiger partial charge in [0.05, 0.1) is 11.1 Å². The summed E-state index contributed by atoms with van der Waals surface area (Å²) >= 11 is 3.39. The summed E-state index contributed by atoms with van der Waals surface area (Å²) < 4.78 is 14.4.